The fourth-order valence-electron chi connectivity index (χ4n) is 3.01. The first-order chi connectivity index (χ1) is 11.2. The number of carbonyl (C=O) groups excluding carboxylic acids is 1. The van der Waals surface area contributed by atoms with Crippen LogP contribution >= 0.6 is 0 Å². The highest BCUT2D eigenvalue weighted by atomic mass is 19.1. The van der Waals surface area contributed by atoms with Gasteiger partial charge < -0.3 is 19.5 Å². The summed E-state index contributed by atoms with van der Waals surface area (Å²) in [5.41, 5.74) is -2.67. The monoisotopic (exact) mass is 339 g/mol. The van der Waals surface area contributed by atoms with Crippen LogP contribution < -0.4 is 4.74 Å². The third-order valence-electron chi connectivity index (χ3n) is 4.22. The molecular weight excluding hydrogens is 317 g/mol. The third kappa shape index (κ3) is 3.36. The molecule has 1 aliphatic heterocycles. The van der Waals surface area contributed by atoms with E-state index < -0.39 is 28.8 Å². The fraction of sp³-hybridized carbons (Fsp3) is 0.529. The molecule has 0 bridgehead atoms. The van der Waals surface area contributed by atoms with Crippen LogP contribution in [0.15, 0.2) is 24.3 Å². The van der Waals surface area contributed by atoms with Gasteiger partial charge in [0.15, 0.2) is 11.1 Å². The van der Waals surface area contributed by atoms with Gasteiger partial charge in [-0.15, -0.1) is 0 Å². The van der Waals surface area contributed by atoms with Gasteiger partial charge in [-0.1, -0.05) is 0 Å². The largest absolute Gasteiger partial charge is 0.479 e. The molecule has 24 heavy (non-hydrogen) atoms. The Kier molecular flexibility index (Phi) is 5.13. The van der Waals surface area contributed by atoms with Crippen LogP contribution in [0.2, 0.25) is 0 Å². The summed E-state index contributed by atoms with van der Waals surface area (Å²) in [6.07, 6.45) is 0.905. The van der Waals surface area contributed by atoms with Gasteiger partial charge in [-0.25, -0.2) is 9.18 Å². The molecule has 1 aliphatic rings. The molecule has 1 heterocycles. The molecule has 1 aromatic rings. The van der Waals surface area contributed by atoms with E-state index in [1.807, 2.05) is 0 Å². The molecule has 1 fully saturated rings. The number of carboxylic acid groups (broad SMARTS) is 1. The molecule has 0 aliphatic carbocycles. The Morgan fingerprint density at radius 2 is 1.96 bits per heavy atom. The maximum absolute atomic E-state index is 13.0. The minimum Gasteiger partial charge on any atom is -0.479 e. The first-order valence-electron chi connectivity index (χ1n) is 7.72. The Hall–Kier alpha value is -2.15. The summed E-state index contributed by atoms with van der Waals surface area (Å²) in [7, 11) is 1.41. The average molecular weight is 339 g/mol. The quantitative estimate of drug-likeness (QED) is 0.859. The van der Waals surface area contributed by atoms with Crippen LogP contribution in [-0.2, 0) is 14.3 Å². The van der Waals surface area contributed by atoms with E-state index in [2.05, 4.69) is 0 Å². The van der Waals surface area contributed by atoms with E-state index >= 15 is 0 Å². The van der Waals surface area contributed by atoms with E-state index in [1.165, 1.54) is 36.3 Å². The molecule has 0 spiro atoms. The molecule has 6 nitrogen and oxygen atoms in total. The van der Waals surface area contributed by atoms with Gasteiger partial charge in [-0.3, -0.25) is 4.79 Å². The van der Waals surface area contributed by atoms with Gasteiger partial charge in [-0.05, 0) is 51.0 Å². The lowest BCUT2D eigenvalue weighted by atomic mass is 9.95. The molecule has 7 heteroatoms. The van der Waals surface area contributed by atoms with Crippen molar-refractivity contribution >= 4 is 11.9 Å². The van der Waals surface area contributed by atoms with Crippen LogP contribution in [0.3, 0.4) is 0 Å². The number of nitrogens with zero attached hydrogens (tertiary/aromatic N) is 1. The minimum absolute atomic E-state index is 0.0826. The van der Waals surface area contributed by atoms with Crippen LogP contribution in [0, 0.1) is 5.82 Å². The number of hydrogen-bond donors (Lipinski definition) is 1. The Labute approximate surface area is 140 Å². The maximum Gasteiger partial charge on any atom is 0.332 e. The van der Waals surface area contributed by atoms with E-state index in [4.69, 9.17) is 9.47 Å². The fourth-order valence-corrected chi connectivity index (χ4v) is 3.01. The molecule has 132 valence electrons. The Bertz CT molecular complexity index is 616. The van der Waals surface area contributed by atoms with Crippen LogP contribution in [0.1, 0.15) is 26.7 Å². The van der Waals surface area contributed by atoms with Gasteiger partial charge in [-0.2, -0.15) is 0 Å². The molecule has 2 rings (SSSR count). The molecular formula is C17H22FNO5. The zero-order valence-electron chi connectivity index (χ0n) is 14.0. The molecule has 0 radical (unpaired) electrons. The Balaban J connectivity index is 2.24. The zero-order valence-corrected chi connectivity index (χ0v) is 14.0. The van der Waals surface area contributed by atoms with Gasteiger partial charge in [0.2, 0.25) is 0 Å². The van der Waals surface area contributed by atoms with E-state index in [-0.39, 0.29) is 6.61 Å². The number of carboxylic acids is 1. The second kappa shape index (κ2) is 6.76. The number of aliphatic carboxylic acids is 1. The molecule has 1 N–H and O–H groups in total. The van der Waals surface area contributed by atoms with Gasteiger partial charge in [0.25, 0.3) is 5.91 Å². The summed E-state index contributed by atoms with van der Waals surface area (Å²) in [6, 6.07) is 5.32. The molecule has 1 saturated heterocycles. The summed E-state index contributed by atoms with van der Waals surface area (Å²) in [4.78, 5) is 26.1. The normalized spacial score (nSPS) is 20.9. The van der Waals surface area contributed by atoms with E-state index in [0.29, 0.717) is 25.1 Å². The van der Waals surface area contributed by atoms with Gasteiger partial charge in [0.1, 0.15) is 11.6 Å². The Morgan fingerprint density at radius 3 is 2.50 bits per heavy atom. The average Bonchev–Trinajstić information content (AvgIpc) is 2.94. The third-order valence-corrected chi connectivity index (χ3v) is 4.22. The minimum atomic E-state index is -1.38. The maximum atomic E-state index is 13.0. The summed E-state index contributed by atoms with van der Waals surface area (Å²) < 4.78 is 23.7. The zero-order chi connectivity index (χ0) is 18.0. The predicted octanol–water partition coefficient (Wildman–Crippen LogP) is 2.08. The van der Waals surface area contributed by atoms with Crippen molar-refractivity contribution in [1.29, 1.82) is 0 Å². The smallest absolute Gasteiger partial charge is 0.332 e. The van der Waals surface area contributed by atoms with Crippen LogP contribution in [-0.4, -0.2) is 53.3 Å². The molecule has 0 aromatic heterocycles. The van der Waals surface area contributed by atoms with Crippen LogP contribution in [0.5, 0.6) is 5.75 Å². The van der Waals surface area contributed by atoms with E-state index in [1.54, 1.807) is 13.8 Å². The number of halogens is 1. The number of carbonyl (C=O) groups is 2. The van der Waals surface area contributed by atoms with E-state index in [0.717, 1.165) is 0 Å². The molecule has 1 amide bonds. The molecule has 1 atom stereocenters. The van der Waals surface area contributed by atoms with E-state index in [9.17, 15) is 19.1 Å². The molecule has 0 saturated carbocycles. The van der Waals surface area contributed by atoms with Crippen molar-refractivity contribution in [1.82, 2.24) is 4.90 Å². The highest BCUT2D eigenvalue weighted by Gasteiger charge is 2.53. The second-order valence-corrected chi connectivity index (χ2v) is 6.40. The number of methoxy groups -OCH3 is 1. The summed E-state index contributed by atoms with van der Waals surface area (Å²) in [6.45, 7) is 3.37. The topological polar surface area (TPSA) is 76.1 Å². The van der Waals surface area contributed by atoms with Crippen molar-refractivity contribution in [2.75, 3.05) is 20.3 Å². The van der Waals surface area contributed by atoms with Crippen molar-refractivity contribution in [3.05, 3.63) is 30.1 Å². The first-order valence-corrected chi connectivity index (χ1v) is 7.72. The number of benzene rings is 1. The predicted molar refractivity (Wildman–Crippen MR) is 84.3 cm³/mol. The number of ether oxygens (including phenoxy) is 2. The number of likely N-dealkylation sites (tertiary alicyclic amines) is 1. The number of hydrogen-bond acceptors (Lipinski definition) is 4. The van der Waals surface area contributed by atoms with Gasteiger partial charge in [0.05, 0.1) is 6.61 Å². The highest BCUT2D eigenvalue weighted by molar-refractivity contribution is 5.92. The van der Waals surface area contributed by atoms with Crippen molar-refractivity contribution in [2.45, 2.75) is 37.8 Å². The Morgan fingerprint density at radius 1 is 1.33 bits per heavy atom. The van der Waals surface area contributed by atoms with Crippen LogP contribution in [0.25, 0.3) is 0 Å². The molecule has 1 aromatic carbocycles. The lowest BCUT2D eigenvalue weighted by Crippen LogP contribution is -2.61. The van der Waals surface area contributed by atoms with Crippen LogP contribution in [0.4, 0.5) is 4.39 Å². The van der Waals surface area contributed by atoms with Crippen molar-refractivity contribution in [2.24, 2.45) is 0 Å². The standard InChI is InChI=1S/C17H22FNO5/c1-16(2,24-13-7-5-12(18)6-8-13)14(20)19-10-4-9-17(19,11-23-3)15(21)22/h5-8H,4,9-11H2,1-3H3,(H,21,22). The number of rotatable bonds is 6. The first kappa shape index (κ1) is 18.2. The molecule has 1 unspecified atom stereocenters. The summed E-state index contributed by atoms with van der Waals surface area (Å²) in [5.74, 6) is -1.60. The summed E-state index contributed by atoms with van der Waals surface area (Å²) in [5, 5.41) is 9.64. The van der Waals surface area contributed by atoms with Gasteiger partial charge in [0, 0.05) is 13.7 Å². The van der Waals surface area contributed by atoms with Crippen molar-refractivity contribution in [3.8, 4) is 5.75 Å². The number of amides is 1. The highest BCUT2D eigenvalue weighted by Crippen LogP contribution is 2.33. The lowest BCUT2D eigenvalue weighted by molar-refractivity contribution is -0.166. The van der Waals surface area contributed by atoms with Crippen molar-refractivity contribution < 1.29 is 28.6 Å². The second-order valence-electron chi connectivity index (χ2n) is 6.40. The SMILES string of the molecule is COCC1(C(=O)O)CCCN1C(=O)C(C)(C)Oc1ccc(F)cc1. The lowest BCUT2D eigenvalue weighted by Gasteiger charge is -2.38. The summed E-state index contributed by atoms with van der Waals surface area (Å²) >= 11 is 0. The van der Waals surface area contributed by atoms with Gasteiger partial charge >= 0.3 is 5.97 Å². The van der Waals surface area contributed by atoms with Crippen molar-refractivity contribution in [3.63, 3.8) is 0 Å².